The molecule has 10 rings (SSSR count). The Balaban J connectivity index is 0.817. The minimum Gasteiger partial charge on any atom is -0.493 e. The zero-order chi connectivity index (χ0) is 56.1. The van der Waals surface area contributed by atoms with E-state index in [-0.39, 0.29) is 39.1 Å². The van der Waals surface area contributed by atoms with Gasteiger partial charge in [-0.1, -0.05) is 75.6 Å². The fraction of sp³-hybridized carbons (Fsp3) is 0.704. The fourth-order valence-corrected chi connectivity index (χ4v) is 16.2. The molecule has 6 atom stereocenters. The molecular weight excluding hydrogens is 1070 g/mol. The zero-order valence-electron chi connectivity index (χ0n) is 45.8. The molecule has 442 valence electrons. The maximum Gasteiger partial charge on any atom is 0.342 e. The third kappa shape index (κ3) is 13.0. The smallest absolute Gasteiger partial charge is 0.342 e. The second kappa shape index (κ2) is 25.3. The predicted octanol–water partition coefficient (Wildman–Crippen LogP) is 2.68. The number of nitrogens with two attached hydrogens (primary N) is 2. The molecule has 0 amide bonds. The second-order valence-corrected chi connectivity index (χ2v) is 25.7. The van der Waals surface area contributed by atoms with E-state index in [4.69, 9.17) is 30.4 Å². The van der Waals surface area contributed by atoms with E-state index in [0.717, 1.165) is 122 Å². The average Bonchev–Trinajstić information content (AvgIpc) is 4.19. The van der Waals surface area contributed by atoms with Gasteiger partial charge in [-0.25, -0.2) is 28.8 Å². The quantitative estimate of drug-likeness (QED) is 0.0506. The molecule has 2 aromatic carbocycles. The normalized spacial score (nSPS) is 28.2. The number of esters is 2. The highest BCUT2D eigenvalue weighted by Gasteiger charge is 2.52. The molecule has 4 fully saturated rings. The predicted molar refractivity (Wildman–Crippen MR) is 297 cm³/mol. The summed E-state index contributed by atoms with van der Waals surface area (Å²) in [4.78, 5) is 41.7. The van der Waals surface area contributed by atoms with Crippen LogP contribution in [0.2, 0.25) is 0 Å². The van der Waals surface area contributed by atoms with Crippen molar-refractivity contribution in [3.05, 3.63) is 58.7 Å². The van der Waals surface area contributed by atoms with Crippen LogP contribution in [0.3, 0.4) is 0 Å². The molecule has 0 radical (unpaired) electrons. The van der Waals surface area contributed by atoms with Gasteiger partial charge >= 0.3 is 44.3 Å². The number of aliphatic hydroxyl groups is 2. The van der Waals surface area contributed by atoms with Crippen molar-refractivity contribution in [3.8, 4) is 11.5 Å². The molecule has 80 heavy (non-hydrogen) atoms. The molecule has 2 saturated heterocycles. The lowest BCUT2D eigenvalue weighted by molar-refractivity contribution is -0.194. The number of carbonyl (C=O) groups is 2. The van der Waals surface area contributed by atoms with Gasteiger partial charge in [-0.2, -0.15) is 26.8 Å². The number of ether oxygens (including phenoxy) is 4. The summed E-state index contributed by atoms with van der Waals surface area (Å²) in [6.45, 7) is 4.46. The van der Waals surface area contributed by atoms with Gasteiger partial charge in [0.25, 0.3) is 0 Å². The summed E-state index contributed by atoms with van der Waals surface area (Å²) in [5.74, 6) is -8.29. The van der Waals surface area contributed by atoms with Crippen molar-refractivity contribution in [2.24, 2.45) is 21.5 Å². The number of piperidine rings is 2. The first-order valence-corrected chi connectivity index (χ1v) is 32.1. The van der Waals surface area contributed by atoms with Gasteiger partial charge in [0.2, 0.25) is 11.9 Å². The van der Waals surface area contributed by atoms with Gasteiger partial charge in [-0.3, -0.25) is 9.80 Å². The summed E-state index contributed by atoms with van der Waals surface area (Å²) in [6.07, 6.45) is 12.8. The molecule has 6 unspecified atom stereocenters. The van der Waals surface area contributed by atoms with Crippen molar-refractivity contribution in [1.82, 2.24) is 38.5 Å². The number of hydrogen-bond acceptors (Lipinski definition) is 20. The molecule has 24 nitrogen and oxygen atoms in total. The number of benzene rings is 2. The highest BCUT2D eigenvalue weighted by atomic mass is 32.2. The zero-order valence-corrected chi connectivity index (χ0v) is 47.4. The summed E-state index contributed by atoms with van der Waals surface area (Å²) < 4.78 is 86.7. The lowest BCUT2D eigenvalue weighted by atomic mass is 9.96. The maximum atomic E-state index is 14.1. The van der Waals surface area contributed by atoms with Crippen molar-refractivity contribution in [2.45, 2.75) is 190 Å². The van der Waals surface area contributed by atoms with Gasteiger partial charge in [-0.15, -0.1) is 9.44 Å². The van der Waals surface area contributed by atoms with Gasteiger partial charge in [0, 0.05) is 37.3 Å². The molecule has 0 spiro atoms. The maximum absolute atomic E-state index is 14.1. The first-order chi connectivity index (χ1) is 38.6. The van der Waals surface area contributed by atoms with Crippen molar-refractivity contribution >= 4 is 44.3 Å². The Hall–Kier alpha value is -4.90. The number of nitrogens with one attached hydrogen (secondary N) is 4. The molecule has 2 saturated carbocycles. The van der Waals surface area contributed by atoms with Gasteiger partial charge < -0.3 is 40.6 Å². The number of carbonyl (C=O) groups excluding carboxylic acids is 2. The monoisotopic (exact) mass is 1150 g/mol. The van der Waals surface area contributed by atoms with Gasteiger partial charge in [-0.05, 0) is 150 Å². The Morgan fingerprint density at radius 1 is 0.588 bits per heavy atom. The molecule has 2 aromatic rings. The van der Waals surface area contributed by atoms with Gasteiger partial charge in [0.15, 0.2) is 12.2 Å². The highest BCUT2D eigenvalue weighted by Crippen LogP contribution is 2.43. The van der Waals surface area contributed by atoms with Crippen LogP contribution in [0.25, 0.3) is 0 Å². The number of nitrogens with zero attached hydrogens (tertiary/aromatic N) is 6. The Kier molecular flexibility index (Phi) is 18.4. The third-order valence-electron chi connectivity index (χ3n) is 17.1. The molecule has 4 aliphatic carbocycles. The van der Waals surface area contributed by atoms with E-state index >= 15 is 0 Å². The molecule has 10 N–H and O–H groups in total. The third-order valence-corrected chi connectivity index (χ3v) is 20.2. The van der Waals surface area contributed by atoms with Crippen LogP contribution >= 0.6 is 0 Å². The average molecular weight is 1160 g/mol. The van der Waals surface area contributed by atoms with E-state index in [1.165, 1.54) is 49.7 Å². The van der Waals surface area contributed by atoms with Crippen LogP contribution in [0.15, 0.2) is 46.4 Å². The molecule has 26 heteroatoms. The van der Waals surface area contributed by atoms with Crippen LogP contribution in [0, 0.1) is 0 Å². The second-order valence-electron chi connectivity index (χ2n) is 22.6. The Bertz CT molecular complexity index is 2620. The number of aliphatic hydroxyl groups excluding tert-OH is 2. The minimum absolute atomic E-state index is 0.0778. The van der Waals surface area contributed by atoms with Crippen molar-refractivity contribution < 1.29 is 55.6 Å². The number of hydrogen-bond donors (Lipinski definition) is 8. The molecule has 8 aliphatic rings. The SMILES string of the molecule is NC1=NC(NCCCOc2cccc3c2CCC3N2CCCCC2)(OC(=O)C(O)C(O)C(=O)OC2(NCCCOc3cccc4c3CCC4N3CCCCC3)N=C(N)N(C3CCCCC3)S(=O)(=O)N2)NS(=O)(=O)N1C1CCCCC1. The highest BCUT2D eigenvalue weighted by molar-refractivity contribution is 7.88. The summed E-state index contributed by atoms with van der Waals surface area (Å²) >= 11 is 0. The van der Waals surface area contributed by atoms with Crippen LogP contribution in [0.4, 0.5) is 0 Å². The van der Waals surface area contributed by atoms with Crippen LogP contribution in [0.1, 0.15) is 163 Å². The molecule has 0 aromatic heterocycles. The van der Waals surface area contributed by atoms with Crippen LogP contribution in [-0.4, -0.2) is 158 Å². The molecule has 4 heterocycles. The van der Waals surface area contributed by atoms with E-state index in [9.17, 15) is 36.6 Å². The number of fused-ring (bicyclic) bond motifs is 2. The van der Waals surface area contributed by atoms with Crippen molar-refractivity contribution in [1.29, 1.82) is 0 Å². The number of rotatable bonds is 21. The lowest BCUT2D eigenvalue weighted by Gasteiger charge is -2.42. The summed E-state index contributed by atoms with van der Waals surface area (Å²) in [6, 6.07) is 11.8. The Morgan fingerprint density at radius 3 is 1.34 bits per heavy atom. The Labute approximate surface area is 470 Å². The largest absolute Gasteiger partial charge is 0.493 e. The van der Waals surface area contributed by atoms with E-state index in [1.807, 2.05) is 24.3 Å². The van der Waals surface area contributed by atoms with E-state index in [1.54, 1.807) is 0 Å². The Morgan fingerprint density at radius 2 is 0.963 bits per heavy atom. The number of guanidine groups is 2. The number of aliphatic imine (C=N–C) groups is 2. The molecule has 4 aliphatic heterocycles. The topological polar surface area (TPSA) is 318 Å². The van der Waals surface area contributed by atoms with Crippen molar-refractivity contribution in [2.75, 3.05) is 52.5 Å². The van der Waals surface area contributed by atoms with E-state index in [0.29, 0.717) is 37.8 Å². The summed E-state index contributed by atoms with van der Waals surface area (Å²) in [5.41, 5.74) is 17.7. The number of likely N-dealkylation sites (tertiary alicyclic amines) is 2. The first-order valence-electron chi connectivity index (χ1n) is 29.2. The lowest BCUT2D eigenvalue weighted by Crippen LogP contribution is -2.71. The van der Waals surface area contributed by atoms with Crippen LogP contribution < -0.4 is 41.0 Å². The van der Waals surface area contributed by atoms with Crippen molar-refractivity contribution in [3.63, 3.8) is 0 Å². The fourth-order valence-electron chi connectivity index (χ4n) is 13.3. The molecular formula is C54H82N12O12S2. The van der Waals surface area contributed by atoms with E-state index in [2.05, 4.69) is 52.0 Å². The van der Waals surface area contributed by atoms with Crippen LogP contribution in [0.5, 0.6) is 11.5 Å². The standard InChI is InChI=1S/C54H82N12O12S2/c55-51-59-53(61-79(71,72)65(51)37-17-5-1-6-18-37,57-29-15-35-75-45-23-13-21-39-41(45)25-27-43(39)63-31-9-3-10-32-63)77-49(69)47(67)48(68)50(70)78-54(60-52(56)66(80(73,74)62-54)38-19-7-2-8-20-38)58-30-16-36-76-46-24-14-22-40-42(46)26-28-44(40)64-33-11-4-12-34-64/h13-14,21-24,37-38,43-44,47-48,57-58,61-62,67-68H,1-12,15-20,25-36H2,(H2,55,59)(H2,56,60). The molecule has 0 bridgehead atoms. The van der Waals surface area contributed by atoms with E-state index < -0.39 is 80.5 Å². The van der Waals surface area contributed by atoms with Gasteiger partial charge in [0.1, 0.15) is 11.5 Å². The summed E-state index contributed by atoms with van der Waals surface area (Å²) in [5, 5.41) is 28.4. The van der Waals surface area contributed by atoms with Gasteiger partial charge in [0.05, 0.1) is 13.2 Å². The first kappa shape index (κ1) is 58.3. The minimum atomic E-state index is -4.59. The summed E-state index contributed by atoms with van der Waals surface area (Å²) in [7, 11) is -9.18. The van der Waals surface area contributed by atoms with Crippen LogP contribution in [-0.2, 0) is 52.3 Å².